The molecule has 0 aliphatic carbocycles. The van der Waals surface area contributed by atoms with E-state index in [1.165, 1.54) is 47.9 Å². The Bertz CT molecular complexity index is 1490. The number of esters is 1. The van der Waals surface area contributed by atoms with E-state index < -0.39 is 5.97 Å². The molecule has 1 N–H and O–H groups in total. The van der Waals surface area contributed by atoms with Crippen molar-refractivity contribution in [2.24, 2.45) is 7.05 Å². The maximum atomic E-state index is 13.4. The standard InChI is InChI=1S/C29H31FN4O4S2/c1-17(38-21-13-9-19(10-14-21)29(2,3)4)25-32-33-28(34(25)5)40-16-23(35)31-26-24(27(36)37-6)22(15-39-26)18-7-11-20(30)12-8-18/h7-15,17H,16H2,1-6H3,(H,31,35). The molecule has 0 saturated carbocycles. The van der Waals surface area contributed by atoms with Gasteiger partial charge in [-0.25, -0.2) is 9.18 Å². The molecule has 0 spiro atoms. The first-order valence-electron chi connectivity index (χ1n) is 12.5. The van der Waals surface area contributed by atoms with Gasteiger partial charge in [-0.2, -0.15) is 0 Å². The Morgan fingerprint density at radius 2 is 1.77 bits per heavy atom. The van der Waals surface area contributed by atoms with Gasteiger partial charge in [-0.15, -0.1) is 21.5 Å². The number of ether oxygens (including phenoxy) is 2. The van der Waals surface area contributed by atoms with Gasteiger partial charge in [0.2, 0.25) is 5.91 Å². The summed E-state index contributed by atoms with van der Waals surface area (Å²) in [6.45, 7) is 8.38. The molecule has 2 aromatic heterocycles. The van der Waals surface area contributed by atoms with Crippen LogP contribution in [-0.4, -0.2) is 39.5 Å². The summed E-state index contributed by atoms with van der Waals surface area (Å²) in [6, 6.07) is 13.8. The van der Waals surface area contributed by atoms with E-state index in [0.29, 0.717) is 27.1 Å². The largest absolute Gasteiger partial charge is 0.483 e. The molecular weight excluding hydrogens is 551 g/mol. The highest BCUT2D eigenvalue weighted by Crippen LogP contribution is 2.36. The van der Waals surface area contributed by atoms with Crippen LogP contribution in [0.3, 0.4) is 0 Å². The molecular formula is C29H31FN4O4S2. The first kappa shape index (κ1) is 29.3. The highest BCUT2D eigenvalue weighted by molar-refractivity contribution is 7.99. The molecule has 2 heterocycles. The number of carbonyl (C=O) groups excluding carboxylic acids is 2. The van der Waals surface area contributed by atoms with Crippen molar-refractivity contribution in [1.82, 2.24) is 14.8 Å². The zero-order valence-electron chi connectivity index (χ0n) is 23.1. The second kappa shape index (κ2) is 12.2. The lowest BCUT2D eigenvalue weighted by molar-refractivity contribution is -0.113. The molecule has 0 radical (unpaired) electrons. The van der Waals surface area contributed by atoms with E-state index in [2.05, 4.69) is 48.4 Å². The zero-order chi connectivity index (χ0) is 29.0. The lowest BCUT2D eigenvalue weighted by atomic mass is 9.87. The van der Waals surface area contributed by atoms with Crippen LogP contribution >= 0.6 is 23.1 Å². The summed E-state index contributed by atoms with van der Waals surface area (Å²) in [4.78, 5) is 25.4. The van der Waals surface area contributed by atoms with Crippen molar-refractivity contribution in [1.29, 1.82) is 0 Å². The molecule has 1 atom stereocenters. The molecule has 11 heteroatoms. The van der Waals surface area contributed by atoms with Crippen LogP contribution in [0, 0.1) is 5.82 Å². The van der Waals surface area contributed by atoms with E-state index in [1.54, 1.807) is 22.1 Å². The predicted octanol–water partition coefficient (Wildman–Crippen LogP) is 6.64. The molecule has 40 heavy (non-hydrogen) atoms. The lowest BCUT2D eigenvalue weighted by Gasteiger charge is -2.20. The number of anilines is 1. The number of amides is 1. The van der Waals surface area contributed by atoms with Crippen LogP contribution in [0.2, 0.25) is 0 Å². The first-order valence-corrected chi connectivity index (χ1v) is 14.4. The number of nitrogens with one attached hydrogen (secondary N) is 1. The highest BCUT2D eigenvalue weighted by Gasteiger charge is 2.23. The van der Waals surface area contributed by atoms with Gasteiger partial charge in [-0.1, -0.05) is 56.8 Å². The minimum absolute atomic E-state index is 0.0415. The van der Waals surface area contributed by atoms with Crippen LogP contribution in [0.4, 0.5) is 9.39 Å². The number of hydrogen-bond donors (Lipinski definition) is 1. The van der Waals surface area contributed by atoms with Gasteiger partial charge in [0, 0.05) is 18.0 Å². The molecule has 0 fully saturated rings. The Balaban J connectivity index is 1.40. The maximum absolute atomic E-state index is 13.4. The summed E-state index contributed by atoms with van der Waals surface area (Å²) in [5, 5.41) is 13.9. The normalized spacial score (nSPS) is 12.2. The number of carbonyl (C=O) groups is 2. The van der Waals surface area contributed by atoms with Crippen LogP contribution in [0.15, 0.2) is 59.1 Å². The fraction of sp³-hybridized carbons (Fsp3) is 0.310. The van der Waals surface area contributed by atoms with Gasteiger partial charge < -0.3 is 19.4 Å². The Morgan fingerprint density at radius 3 is 2.40 bits per heavy atom. The molecule has 0 aliphatic heterocycles. The summed E-state index contributed by atoms with van der Waals surface area (Å²) >= 11 is 2.41. The third kappa shape index (κ3) is 6.71. The highest BCUT2D eigenvalue weighted by atomic mass is 32.2. The number of hydrogen-bond acceptors (Lipinski definition) is 8. The van der Waals surface area contributed by atoms with E-state index >= 15 is 0 Å². The first-order chi connectivity index (χ1) is 19.0. The smallest absolute Gasteiger partial charge is 0.341 e. The molecule has 210 valence electrons. The number of aromatic nitrogens is 3. The van der Waals surface area contributed by atoms with Gasteiger partial charge in [0.25, 0.3) is 0 Å². The van der Waals surface area contributed by atoms with Crippen LogP contribution < -0.4 is 10.1 Å². The average Bonchev–Trinajstić information content (AvgIpc) is 3.50. The summed E-state index contributed by atoms with van der Waals surface area (Å²) in [5.41, 5.74) is 2.69. The summed E-state index contributed by atoms with van der Waals surface area (Å²) < 4.78 is 26.2. The van der Waals surface area contributed by atoms with Crippen LogP contribution in [0.1, 0.15) is 55.5 Å². The maximum Gasteiger partial charge on any atom is 0.341 e. The number of thiophene rings is 1. The molecule has 0 saturated heterocycles. The molecule has 1 unspecified atom stereocenters. The fourth-order valence-corrected chi connectivity index (χ4v) is 5.68. The molecule has 1 amide bonds. The average molecular weight is 583 g/mol. The summed E-state index contributed by atoms with van der Waals surface area (Å²) in [6.07, 6.45) is -0.361. The Labute approximate surface area is 240 Å². The van der Waals surface area contributed by atoms with Crippen molar-refractivity contribution < 1.29 is 23.5 Å². The van der Waals surface area contributed by atoms with E-state index in [1.807, 2.05) is 26.1 Å². The second-order valence-corrected chi connectivity index (χ2v) is 11.9. The van der Waals surface area contributed by atoms with E-state index in [4.69, 9.17) is 9.47 Å². The van der Waals surface area contributed by atoms with E-state index in [-0.39, 0.29) is 34.6 Å². The second-order valence-electron chi connectivity index (χ2n) is 10.1. The molecule has 4 rings (SSSR count). The fourth-order valence-electron chi connectivity index (χ4n) is 3.99. The topological polar surface area (TPSA) is 95.3 Å². The van der Waals surface area contributed by atoms with Crippen molar-refractivity contribution in [3.8, 4) is 16.9 Å². The van der Waals surface area contributed by atoms with Gasteiger partial charge in [-0.05, 0) is 47.7 Å². The van der Waals surface area contributed by atoms with E-state index in [9.17, 15) is 14.0 Å². The molecule has 4 aromatic rings. The van der Waals surface area contributed by atoms with E-state index in [0.717, 1.165) is 5.75 Å². The monoisotopic (exact) mass is 582 g/mol. The SMILES string of the molecule is COC(=O)c1c(-c2ccc(F)cc2)csc1NC(=O)CSc1nnc(C(C)Oc2ccc(C(C)(C)C)cc2)n1C. The molecule has 8 nitrogen and oxygen atoms in total. The number of methoxy groups -OCH3 is 1. The Morgan fingerprint density at radius 1 is 1.10 bits per heavy atom. The van der Waals surface area contributed by atoms with Crippen molar-refractivity contribution in [3.05, 3.63) is 76.7 Å². The predicted molar refractivity (Wildman–Crippen MR) is 156 cm³/mol. The van der Waals surface area contributed by atoms with Crippen LogP contribution in [0.5, 0.6) is 5.75 Å². The zero-order valence-corrected chi connectivity index (χ0v) is 24.8. The van der Waals surface area contributed by atoms with Crippen LogP contribution in [0.25, 0.3) is 11.1 Å². The van der Waals surface area contributed by atoms with Gasteiger partial charge in [0.1, 0.15) is 22.1 Å². The van der Waals surface area contributed by atoms with Gasteiger partial charge >= 0.3 is 5.97 Å². The van der Waals surface area contributed by atoms with Gasteiger partial charge in [0.05, 0.1) is 12.9 Å². The minimum atomic E-state index is -0.594. The number of nitrogens with zero attached hydrogens (tertiary/aromatic N) is 3. The van der Waals surface area contributed by atoms with Gasteiger partial charge in [0.15, 0.2) is 17.1 Å². The number of benzene rings is 2. The third-order valence-corrected chi connectivity index (χ3v) is 8.10. The Kier molecular flexibility index (Phi) is 8.95. The lowest BCUT2D eigenvalue weighted by Crippen LogP contribution is -2.16. The molecule has 0 bridgehead atoms. The van der Waals surface area contributed by atoms with Crippen molar-refractivity contribution in [2.75, 3.05) is 18.2 Å². The number of thioether (sulfide) groups is 1. The van der Waals surface area contributed by atoms with Crippen molar-refractivity contribution >= 4 is 40.0 Å². The van der Waals surface area contributed by atoms with Crippen LogP contribution in [-0.2, 0) is 22.0 Å². The quantitative estimate of drug-likeness (QED) is 0.175. The van der Waals surface area contributed by atoms with Crippen molar-refractivity contribution in [3.63, 3.8) is 0 Å². The summed E-state index contributed by atoms with van der Waals surface area (Å²) in [5.74, 6) is 0.0954. The minimum Gasteiger partial charge on any atom is -0.483 e. The third-order valence-electron chi connectivity index (χ3n) is 6.19. The van der Waals surface area contributed by atoms with Crippen molar-refractivity contribution in [2.45, 2.75) is 44.4 Å². The number of rotatable bonds is 9. The molecule has 2 aromatic carbocycles. The molecule has 0 aliphatic rings. The number of halogens is 1. The Hall–Kier alpha value is -3.70. The van der Waals surface area contributed by atoms with Gasteiger partial charge in [-0.3, -0.25) is 4.79 Å². The summed E-state index contributed by atoms with van der Waals surface area (Å²) in [7, 11) is 3.09.